The number of anilines is 1. The molecule has 0 N–H and O–H groups in total. The van der Waals surface area contributed by atoms with Crippen molar-refractivity contribution in [2.75, 3.05) is 37.5 Å². The molecule has 1 saturated heterocycles. The molecule has 1 aliphatic heterocycles. The topological polar surface area (TPSA) is 72.4 Å². The third kappa shape index (κ3) is 3.24. The zero-order valence-electron chi connectivity index (χ0n) is 13.7. The molecule has 6 nitrogen and oxygen atoms in total. The van der Waals surface area contributed by atoms with Gasteiger partial charge in [0.05, 0.1) is 28.3 Å². The number of hydrogen-bond donors (Lipinski definition) is 0. The fourth-order valence-corrected chi connectivity index (χ4v) is 4.30. The molecule has 130 valence electrons. The first-order valence-corrected chi connectivity index (χ1v) is 10.7. The molecule has 3 aromatic rings. The molecule has 2 aromatic heterocycles. The number of benzene rings is 1. The van der Waals surface area contributed by atoms with Gasteiger partial charge >= 0.3 is 0 Å². The average Bonchev–Trinajstić information content (AvgIpc) is 3.09. The van der Waals surface area contributed by atoms with E-state index >= 15 is 0 Å². The molecule has 3 heterocycles. The van der Waals surface area contributed by atoms with E-state index < -0.39 is 9.84 Å². The Morgan fingerprint density at radius 2 is 1.80 bits per heavy atom. The second-order valence-corrected chi connectivity index (χ2v) is 8.83. The van der Waals surface area contributed by atoms with Crippen molar-refractivity contribution in [1.29, 1.82) is 0 Å². The van der Waals surface area contributed by atoms with Gasteiger partial charge in [0.15, 0.2) is 21.5 Å². The van der Waals surface area contributed by atoms with Gasteiger partial charge in [-0.25, -0.2) is 18.4 Å². The number of thiophene rings is 1. The predicted molar refractivity (Wildman–Crippen MR) is 99.0 cm³/mol. The molecule has 1 aromatic carbocycles. The molecule has 0 aliphatic carbocycles. The summed E-state index contributed by atoms with van der Waals surface area (Å²) in [6.07, 6.45) is 1.20. The number of morpholine rings is 1. The second-order valence-electron chi connectivity index (χ2n) is 5.90. The van der Waals surface area contributed by atoms with Gasteiger partial charge in [-0.3, -0.25) is 0 Å². The van der Waals surface area contributed by atoms with E-state index in [2.05, 4.69) is 9.88 Å². The highest BCUT2D eigenvalue weighted by Gasteiger charge is 2.19. The van der Waals surface area contributed by atoms with Crippen LogP contribution in [0.1, 0.15) is 0 Å². The summed E-state index contributed by atoms with van der Waals surface area (Å²) in [7, 11) is -3.21. The minimum Gasteiger partial charge on any atom is -0.378 e. The summed E-state index contributed by atoms with van der Waals surface area (Å²) in [6.45, 7) is 2.98. The summed E-state index contributed by atoms with van der Waals surface area (Å²) in [5, 5.41) is 2.01. The molecule has 0 radical (unpaired) electrons. The third-order valence-corrected chi connectivity index (χ3v) is 6.17. The fraction of sp³-hybridized carbons (Fsp3) is 0.294. The van der Waals surface area contributed by atoms with Crippen molar-refractivity contribution in [2.45, 2.75) is 4.90 Å². The van der Waals surface area contributed by atoms with Crippen molar-refractivity contribution < 1.29 is 13.2 Å². The van der Waals surface area contributed by atoms with Crippen LogP contribution in [0.5, 0.6) is 0 Å². The van der Waals surface area contributed by atoms with Crippen LogP contribution in [0.2, 0.25) is 0 Å². The van der Waals surface area contributed by atoms with Gasteiger partial charge in [-0.2, -0.15) is 0 Å². The number of aromatic nitrogens is 2. The van der Waals surface area contributed by atoms with Crippen molar-refractivity contribution in [1.82, 2.24) is 9.97 Å². The molecule has 1 aliphatic rings. The maximum absolute atomic E-state index is 11.6. The molecule has 0 unspecified atom stereocenters. The number of rotatable bonds is 3. The summed E-state index contributed by atoms with van der Waals surface area (Å²) >= 11 is 1.63. The van der Waals surface area contributed by atoms with Gasteiger partial charge in [-0.05, 0) is 35.7 Å². The Hall–Kier alpha value is -2.03. The number of sulfone groups is 1. The first-order chi connectivity index (χ1) is 12.0. The Bertz CT molecular complexity index is 1010. The molecule has 0 atom stereocenters. The van der Waals surface area contributed by atoms with Gasteiger partial charge in [0, 0.05) is 24.9 Å². The summed E-state index contributed by atoms with van der Waals surface area (Å²) < 4.78 is 29.8. The molecular weight excluding hydrogens is 358 g/mol. The van der Waals surface area contributed by atoms with E-state index in [0.29, 0.717) is 23.9 Å². The maximum atomic E-state index is 11.6. The third-order valence-electron chi connectivity index (χ3n) is 4.14. The Kier molecular flexibility index (Phi) is 4.18. The highest BCUT2D eigenvalue weighted by atomic mass is 32.2. The van der Waals surface area contributed by atoms with Crippen LogP contribution in [-0.4, -0.2) is 50.9 Å². The van der Waals surface area contributed by atoms with E-state index in [1.54, 1.807) is 35.6 Å². The number of fused-ring (bicyclic) bond motifs is 1. The van der Waals surface area contributed by atoms with Gasteiger partial charge in [0.2, 0.25) is 0 Å². The lowest BCUT2D eigenvalue weighted by Crippen LogP contribution is -2.36. The van der Waals surface area contributed by atoms with Gasteiger partial charge in [0.25, 0.3) is 0 Å². The van der Waals surface area contributed by atoms with Gasteiger partial charge in [-0.1, -0.05) is 0 Å². The molecule has 1 fully saturated rings. The Balaban J connectivity index is 1.79. The molecule has 8 heteroatoms. The average molecular weight is 375 g/mol. The molecule has 0 bridgehead atoms. The summed E-state index contributed by atoms with van der Waals surface area (Å²) in [6, 6.07) is 8.69. The van der Waals surface area contributed by atoms with Crippen molar-refractivity contribution >= 4 is 37.2 Å². The zero-order valence-corrected chi connectivity index (χ0v) is 15.3. The molecule has 0 spiro atoms. The molecular formula is C17H17N3O3S2. The SMILES string of the molecule is CS(=O)(=O)c1ccc(-c2nc(N3CCOCC3)c3sccc3n2)cc1. The van der Waals surface area contributed by atoms with Crippen molar-refractivity contribution in [3.8, 4) is 11.4 Å². The number of nitrogens with zero attached hydrogens (tertiary/aromatic N) is 3. The van der Waals surface area contributed by atoms with E-state index in [4.69, 9.17) is 9.72 Å². The van der Waals surface area contributed by atoms with Crippen molar-refractivity contribution in [3.05, 3.63) is 35.7 Å². The maximum Gasteiger partial charge on any atom is 0.175 e. The van der Waals surface area contributed by atoms with Crippen LogP contribution >= 0.6 is 11.3 Å². The monoisotopic (exact) mass is 375 g/mol. The zero-order chi connectivity index (χ0) is 17.4. The molecule has 0 saturated carbocycles. The standard InChI is InChI=1S/C17H17N3O3S2/c1-25(21,22)13-4-2-12(3-5-13)16-18-14-6-11-24-15(14)17(19-16)20-7-9-23-10-8-20/h2-6,11H,7-10H2,1H3. The molecule has 25 heavy (non-hydrogen) atoms. The summed E-state index contributed by atoms with van der Waals surface area (Å²) in [5.41, 5.74) is 1.71. The minimum absolute atomic E-state index is 0.293. The van der Waals surface area contributed by atoms with E-state index in [-0.39, 0.29) is 0 Å². The smallest absolute Gasteiger partial charge is 0.175 e. The Morgan fingerprint density at radius 3 is 2.48 bits per heavy atom. The van der Waals surface area contributed by atoms with Gasteiger partial charge < -0.3 is 9.64 Å². The Labute approximate surface area is 150 Å². The molecule has 0 amide bonds. The van der Waals surface area contributed by atoms with Gasteiger partial charge in [-0.15, -0.1) is 11.3 Å². The van der Waals surface area contributed by atoms with Crippen LogP contribution in [0, 0.1) is 0 Å². The lowest BCUT2D eigenvalue weighted by Gasteiger charge is -2.28. The van der Waals surface area contributed by atoms with Crippen LogP contribution in [0.15, 0.2) is 40.6 Å². The number of hydrogen-bond acceptors (Lipinski definition) is 7. The van der Waals surface area contributed by atoms with Gasteiger partial charge in [0.1, 0.15) is 0 Å². The van der Waals surface area contributed by atoms with Crippen molar-refractivity contribution in [2.24, 2.45) is 0 Å². The van der Waals surface area contributed by atoms with Crippen LogP contribution in [0.25, 0.3) is 21.6 Å². The predicted octanol–water partition coefficient (Wildman–Crippen LogP) is 2.60. The quantitative estimate of drug-likeness (QED) is 0.701. The van der Waals surface area contributed by atoms with E-state index in [1.807, 2.05) is 11.4 Å². The normalized spacial score (nSPS) is 15.6. The van der Waals surface area contributed by atoms with E-state index in [0.717, 1.165) is 34.7 Å². The highest BCUT2D eigenvalue weighted by molar-refractivity contribution is 7.90. The lowest BCUT2D eigenvalue weighted by molar-refractivity contribution is 0.122. The van der Waals surface area contributed by atoms with Crippen LogP contribution < -0.4 is 4.90 Å². The second kappa shape index (κ2) is 6.36. The van der Waals surface area contributed by atoms with Crippen molar-refractivity contribution in [3.63, 3.8) is 0 Å². The number of ether oxygens (including phenoxy) is 1. The minimum atomic E-state index is -3.21. The first kappa shape index (κ1) is 16.4. The first-order valence-electron chi connectivity index (χ1n) is 7.91. The van der Waals surface area contributed by atoms with Crippen LogP contribution in [0.3, 0.4) is 0 Å². The van der Waals surface area contributed by atoms with Crippen LogP contribution in [-0.2, 0) is 14.6 Å². The lowest BCUT2D eigenvalue weighted by atomic mass is 10.2. The summed E-state index contributed by atoms with van der Waals surface area (Å²) in [5.74, 6) is 1.53. The summed E-state index contributed by atoms with van der Waals surface area (Å²) in [4.78, 5) is 11.9. The Morgan fingerprint density at radius 1 is 1.08 bits per heavy atom. The fourth-order valence-electron chi connectivity index (χ4n) is 2.82. The van der Waals surface area contributed by atoms with Crippen LogP contribution in [0.4, 0.5) is 5.82 Å². The van der Waals surface area contributed by atoms with E-state index in [1.165, 1.54) is 6.26 Å². The highest BCUT2D eigenvalue weighted by Crippen LogP contribution is 2.32. The van der Waals surface area contributed by atoms with E-state index in [9.17, 15) is 8.42 Å². The largest absolute Gasteiger partial charge is 0.378 e. The molecule has 4 rings (SSSR count).